The topological polar surface area (TPSA) is 201 Å². The molecule has 2 aromatic carbocycles. The monoisotopic (exact) mass is 507 g/mol. The Morgan fingerprint density at radius 2 is 1.36 bits per heavy atom. The van der Waals surface area contributed by atoms with Crippen LogP contribution in [0, 0.1) is 5.92 Å². The maximum Gasteiger partial charge on any atom is 0.228 e. The lowest BCUT2D eigenvalue weighted by atomic mass is 9.79. The molecule has 1 unspecified atom stereocenters. The molecule has 12 nitrogen and oxygen atoms in total. The Hall–Kier alpha value is -3.45. The summed E-state index contributed by atoms with van der Waals surface area (Å²) in [6.07, 6.45) is 0.613. The number of nitrogens with zero attached hydrogens (tertiary/aromatic N) is 1. The van der Waals surface area contributed by atoms with Gasteiger partial charge in [-0.1, -0.05) is 0 Å². The van der Waals surface area contributed by atoms with Gasteiger partial charge in [0.1, 0.15) is 0 Å². The molecule has 12 heteroatoms. The second-order valence-electron chi connectivity index (χ2n) is 9.26. The van der Waals surface area contributed by atoms with E-state index < -0.39 is 45.9 Å². The van der Waals surface area contributed by atoms with Gasteiger partial charge in [-0.15, -0.1) is 0 Å². The van der Waals surface area contributed by atoms with Crippen LogP contribution in [0.5, 0.6) is 40.2 Å². The smallest absolute Gasteiger partial charge is 0.228 e. The fourth-order valence-corrected chi connectivity index (χ4v) is 5.07. The molecule has 0 aromatic heterocycles. The van der Waals surface area contributed by atoms with Crippen molar-refractivity contribution in [2.24, 2.45) is 5.92 Å². The number of aromatic hydroxyl groups is 5. The van der Waals surface area contributed by atoms with Crippen LogP contribution in [0.1, 0.15) is 40.7 Å². The van der Waals surface area contributed by atoms with Crippen LogP contribution in [-0.2, 0) is 12.3 Å². The lowest BCUT2D eigenvalue weighted by Gasteiger charge is -2.38. The van der Waals surface area contributed by atoms with Crippen molar-refractivity contribution in [1.29, 1.82) is 0 Å². The van der Waals surface area contributed by atoms with Gasteiger partial charge in [0, 0.05) is 17.7 Å². The average Bonchev–Trinajstić information content (AvgIpc) is 3.01. The van der Waals surface area contributed by atoms with Gasteiger partial charge in [0.05, 0.1) is 19.8 Å². The van der Waals surface area contributed by atoms with Crippen molar-refractivity contribution in [2.75, 3.05) is 27.3 Å². The lowest BCUT2D eigenvalue weighted by molar-refractivity contribution is -0.263. The number of phenols is 5. The quantitative estimate of drug-likeness (QED) is 0.154. The molecular weight excluding hydrogens is 478 g/mol. The van der Waals surface area contributed by atoms with E-state index in [9.17, 15) is 45.6 Å². The minimum atomic E-state index is -2.85. The molecular formula is C24H29NO11. The summed E-state index contributed by atoms with van der Waals surface area (Å²) in [5.74, 6) is -8.05. The van der Waals surface area contributed by atoms with E-state index >= 15 is 0 Å². The van der Waals surface area contributed by atoms with Gasteiger partial charge in [0.25, 0.3) is 0 Å². The van der Waals surface area contributed by atoms with Crippen LogP contribution in [0.3, 0.4) is 0 Å². The number of methoxy groups -OCH3 is 2. The highest BCUT2D eigenvalue weighted by Crippen LogP contribution is 2.52. The zero-order chi connectivity index (χ0) is 26.6. The van der Waals surface area contributed by atoms with Gasteiger partial charge in [0.2, 0.25) is 28.8 Å². The number of piperidine rings is 1. The maximum atomic E-state index is 13.1. The molecule has 1 saturated heterocycles. The van der Waals surface area contributed by atoms with E-state index in [0.717, 1.165) is 0 Å². The Morgan fingerprint density at radius 1 is 0.861 bits per heavy atom. The number of aliphatic hydroxyl groups is 3. The molecule has 8 N–H and O–H groups in total. The van der Waals surface area contributed by atoms with Crippen molar-refractivity contribution >= 4 is 5.78 Å². The Bertz CT molecular complexity index is 1170. The predicted octanol–water partition coefficient (Wildman–Crippen LogP) is 0.599. The fourth-order valence-electron chi connectivity index (χ4n) is 5.07. The second-order valence-corrected chi connectivity index (χ2v) is 9.26. The van der Waals surface area contributed by atoms with E-state index in [1.807, 2.05) is 0 Å². The van der Waals surface area contributed by atoms with Crippen LogP contribution >= 0.6 is 0 Å². The van der Waals surface area contributed by atoms with Crippen molar-refractivity contribution in [1.82, 2.24) is 4.90 Å². The predicted molar refractivity (Wildman–Crippen MR) is 122 cm³/mol. The first kappa shape index (κ1) is 25.6. The summed E-state index contributed by atoms with van der Waals surface area (Å²) >= 11 is 0. The molecule has 4 rings (SSSR count). The number of carbonyl (C=O) groups is 1. The standard InChI is InChI=1S/C24H29NO11/c1-35-15-7-12-14(8-16(15)36-2)24(33,34)23(32,22(12)31)9-11-3-5-25(6-4-11)10-13-17(26)19(28)21(30)20(29)18(13)27/h7-8,11,26-30,32-34H,3-6,9-10H2,1-2H3. The van der Waals surface area contributed by atoms with Gasteiger partial charge in [0.15, 0.2) is 28.6 Å². The summed E-state index contributed by atoms with van der Waals surface area (Å²) in [6, 6.07) is 2.56. The molecule has 1 heterocycles. The van der Waals surface area contributed by atoms with E-state index in [0.29, 0.717) is 25.9 Å². The number of carbonyl (C=O) groups excluding carboxylic acids is 1. The molecule has 0 saturated carbocycles. The zero-order valence-corrected chi connectivity index (χ0v) is 19.7. The number of rotatable bonds is 6. The fraction of sp³-hybridized carbons (Fsp3) is 0.458. The van der Waals surface area contributed by atoms with Crippen LogP contribution in [-0.4, -0.2) is 84.4 Å². The SMILES string of the molecule is COc1cc2c(cc1OC)C(O)(O)C(O)(CC1CCN(Cc3c(O)c(O)c(O)c(O)c3O)CC1)C2=O. The highest BCUT2D eigenvalue weighted by molar-refractivity contribution is 6.08. The highest BCUT2D eigenvalue weighted by atomic mass is 16.5. The summed E-state index contributed by atoms with van der Waals surface area (Å²) in [4.78, 5) is 14.9. The molecule has 0 amide bonds. The van der Waals surface area contributed by atoms with E-state index in [4.69, 9.17) is 9.47 Å². The Labute approximate surface area is 205 Å². The number of hydrogen-bond acceptors (Lipinski definition) is 12. The van der Waals surface area contributed by atoms with Gasteiger partial charge in [-0.3, -0.25) is 9.69 Å². The van der Waals surface area contributed by atoms with Gasteiger partial charge in [-0.05, 0) is 50.4 Å². The van der Waals surface area contributed by atoms with Gasteiger partial charge in [-0.25, -0.2) is 0 Å². The number of ketones is 1. The molecule has 2 aromatic rings. The molecule has 196 valence electrons. The molecule has 1 atom stereocenters. The summed E-state index contributed by atoms with van der Waals surface area (Å²) in [5.41, 5.74) is -2.92. The highest BCUT2D eigenvalue weighted by Gasteiger charge is 2.63. The number of fused-ring (bicyclic) bond motifs is 1. The van der Waals surface area contributed by atoms with Crippen LogP contribution in [0.2, 0.25) is 0 Å². The molecule has 0 radical (unpaired) electrons. The van der Waals surface area contributed by atoms with E-state index in [-0.39, 0.29) is 47.1 Å². The van der Waals surface area contributed by atoms with E-state index in [1.165, 1.54) is 26.4 Å². The van der Waals surface area contributed by atoms with Crippen molar-refractivity contribution in [3.05, 3.63) is 28.8 Å². The third-order valence-electron chi connectivity index (χ3n) is 7.24. The first-order chi connectivity index (χ1) is 16.9. The lowest BCUT2D eigenvalue weighted by Crippen LogP contribution is -2.54. The molecule has 36 heavy (non-hydrogen) atoms. The van der Waals surface area contributed by atoms with Gasteiger partial charge < -0.3 is 50.3 Å². The van der Waals surface area contributed by atoms with Crippen LogP contribution in [0.25, 0.3) is 0 Å². The van der Waals surface area contributed by atoms with Gasteiger partial charge >= 0.3 is 0 Å². The van der Waals surface area contributed by atoms with Crippen molar-refractivity contribution in [2.45, 2.75) is 37.2 Å². The maximum absolute atomic E-state index is 13.1. The third-order valence-corrected chi connectivity index (χ3v) is 7.24. The number of phenolic OH excluding ortho intramolecular Hbond substituents is 5. The minimum absolute atomic E-state index is 0.0655. The summed E-state index contributed by atoms with van der Waals surface area (Å²) in [5, 5.41) is 82.3. The van der Waals surface area contributed by atoms with Crippen LogP contribution in [0.15, 0.2) is 12.1 Å². The first-order valence-corrected chi connectivity index (χ1v) is 11.3. The Kier molecular flexibility index (Phi) is 6.33. The minimum Gasteiger partial charge on any atom is -0.504 e. The molecule has 1 aliphatic heterocycles. The van der Waals surface area contributed by atoms with E-state index in [1.54, 1.807) is 4.90 Å². The Balaban J connectivity index is 1.49. The Morgan fingerprint density at radius 3 is 1.89 bits per heavy atom. The summed E-state index contributed by atoms with van der Waals surface area (Å²) < 4.78 is 10.4. The number of Topliss-reactive ketones (excluding diaryl/α,β-unsaturated/α-hetero) is 1. The number of likely N-dealkylation sites (tertiary alicyclic amines) is 1. The summed E-state index contributed by atoms with van der Waals surface area (Å²) in [6.45, 7) is 0.674. The number of benzene rings is 2. The summed E-state index contributed by atoms with van der Waals surface area (Å²) in [7, 11) is 2.73. The van der Waals surface area contributed by atoms with Crippen molar-refractivity contribution < 1.29 is 55.1 Å². The number of ether oxygens (including phenoxy) is 2. The molecule has 1 fully saturated rings. The van der Waals surface area contributed by atoms with Crippen molar-refractivity contribution in [3.63, 3.8) is 0 Å². The first-order valence-electron chi connectivity index (χ1n) is 11.3. The van der Waals surface area contributed by atoms with Gasteiger partial charge in [-0.2, -0.15) is 0 Å². The van der Waals surface area contributed by atoms with Crippen molar-refractivity contribution in [3.8, 4) is 40.2 Å². The normalized spacial score (nSPS) is 22.0. The molecule has 2 aliphatic rings. The molecule has 0 bridgehead atoms. The zero-order valence-electron chi connectivity index (χ0n) is 19.7. The largest absolute Gasteiger partial charge is 0.504 e. The van der Waals surface area contributed by atoms with E-state index in [2.05, 4.69) is 0 Å². The van der Waals surface area contributed by atoms with Crippen LogP contribution in [0.4, 0.5) is 0 Å². The van der Waals surface area contributed by atoms with Crippen LogP contribution < -0.4 is 9.47 Å². The number of hydrogen-bond donors (Lipinski definition) is 8. The molecule has 1 aliphatic carbocycles. The molecule has 0 spiro atoms. The second kappa shape index (κ2) is 8.89. The average molecular weight is 507 g/mol. The third kappa shape index (κ3) is 3.73.